The van der Waals surface area contributed by atoms with Crippen LogP contribution in [0.5, 0.6) is 0 Å². The Morgan fingerprint density at radius 3 is 2.84 bits per heavy atom. The molecule has 10 heteroatoms. The van der Waals surface area contributed by atoms with Gasteiger partial charge in [-0.1, -0.05) is 47.2 Å². The zero-order valence-electron chi connectivity index (χ0n) is 16.6. The van der Waals surface area contributed by atoms with Gasteiger partial charge in [-0.05, 0) is 55.0 Å². The van der Waals surface area contributed by atoms with E-state index in [-0.39, 0.29) is 17.1 Å². The Labute approximate surface area is 198 Å². The van der Waals surface area contributed by atoms with Gasteiger partial charge in [-0.15, -0.1) is 21.5 Å². The molecular weight excluding hydrogens is 472 g/mol. The Morgan fingerprint density at radius 1 is 1.23 bits per heavy atom. The summed E-state index contributed by atoms with van der Waals surface area (Å²) in [5.41, 5.74) is 0.469. The third-order valence-electron chi connectivity index (χ3n) is 4.85. The van der Waals surface area contributed by atoms with E-state index < -0.39 is 0 Å². The van der Waals surface area contributed by atoms with E-state index in [1.807, 2.05) is 6.07 Å². The summed E-state index contributed by atoms with van der Waals surface area (Å²) in [6.45, 7) is 1.22. The van der Waals surface area contributed by atoms with Gasteiger partial charge in [0.05, 0.1) is 5.25 Å². The Morgan fingerprint density at radius 2 is 2.06 bits per heavy atom. The predicted octanol–water partition coefficient (Wildman–Crippen LogP) is 5.22. The Hall–Kier alpha value is -1.94. The Balaban J connectivity index is 1.37. The number of imide groups is 1. The molecule has 31 heavy (non-hydrogen) atoms. The summed E-state index contributed by atoms with van der Waals surface area (Å²) in [5, 5.41) is 14.8. The van der Waals surface area contributed by atoms with Crippen molar-refractivity contribution in [2.75, 3.05) is 18.4 Å². The second-order valence-electron chi connectivity index (χ2n) is 7.03. The summed E-state index contributed by atoms with van der Waals surface area (Å²) >= 11 is 10.5. The number of nitrogens with zero attached hydrogens (tertiary/aromatic N) is 3. The lowest BCUT2D eigenvalue weighted by Gasteiger charge is -2.22. The maximum atomic E-state index is 13.1. The van der Waals surface area contributed by atoms with Gasteiger partial charge in [-0.3, -0.25) is 14.5 Å². The van der Waals surface area contributed by atoms with E-state index in [9.17, 15) is 9.59 Å². The first kappa shape index (κ1) is 22.3. The molecule has 0 spiro atoms. The molecule has 1 saturated heterocycles. The molecule has 2 amide bonds. The van der Waals surface area contributed by atoms with Gasteiger partial charge in [0, 0.05) is 28.6 Å². The molecule has 1 aliphatic heterocycles. The molecule has 6 nitrogen and oxygen atoms in total. The van der Waals surface area contributed by atoms with E-state index in [0.717, 1.165) is 35.3 Å². The van der Waals surface area contributed by atoms with E-state index in [1.165, 1.54) is 32.9 Å². The lowest BCUT2D eigenvalue weighted by Crippen LogP contribution is -2.41. The van der Waals surface area contributed by atoms with Crippen LogP contribution in [0.1, 0.15) is 34.5 Å². The van der Waals surface area contributed by atoms with Crippen LogP contribution in [0.25, 0.3) is 0 Å². The maximum absolute atomic E-state index is 13.1. The van der Waals surface area contributed by atoms with E-state index in [0.29, 0.717) is 23.6 Å². The van der Waals surface area contributed by atoms with Gasteiger partial charge in [0.2, 0.25) is 11.0 Å². The van der Waals surface area contributed by atoms with Crippen molar-refractivity contribution in [1.29, 1.82) is 0 Å². The lowest BCUT2D eigenvalue weighted by atomic mass is 10.2. The first-order valence-electron chi connectivity index (χ1n) is 9.98. The molecule has 1 aliphatic rings. The number of hydrogen-bond donors (Lipinski definition) is 1. The SMILES string of the molecule is O=C(c1ccc(Cl)cc1)N1CCCCC(Sc2nnc(NCCc3cccs3)s2)C1=O. The fourth-order valence-corrected chi connectivity index (χ4v) is 6.22. The molecule has 0 aliphatic carbocycles. The number of anilines is 1. The smallest absolute Gasteiger partial charge is 0.260 e. The van der Waals surface area contributed by atoms with Gasteiger partial charge in [-0.25, -0.2) is 0 Å². The fourth-order valence-electron chi connectivity index (χ4n) is 3.26. The second-order valence-corrected chi connectivity index (χ2v) is 10.9. The average molecular weight is 493 g/mol. The summed E-state index contributed by atoms with van der Waals surface area (Å²) < 4.78 is 0.734. The minimum Gasteiger partial charge on any atom is -0.360 e. The quantitative estimate of drug-likeness (QED) is 0.455. The monoisotopic (exact) mass is 492 g/mol. The number of amides is 2. The van der Waals surface area contributed by atoms with Gasteiger partial charge in [-0.2, -0.15) is 0 Å². The lowest BCUT2D eigenvalue weighted by molar-refractivity contribution is -0.127. The number of thioether (sulfide) groups is 1. The summed E-state index contributed by atoms with van der Waals surface area (Å²) in [4.78, 5) is 28.7. The number of nitrogens with one attached hydrogen (secondary N) is 1. The van der Waals surface area contributed by atoms with Crippen LogP contribution in [0, 0.1) is 0 Å². The van der Waals surface area contributed by atoms with Crippen LogP contribution in [0.3, 0.4) is 0 Å². The standard InChI is InChI=1S/C21H21ClN4O2S3/c22-15-8-6-14(7-9-15)18(27)26-12-2-1-5-17(19(26)28)30-21-25-24-20(31-21)23-11-10-16-4-3-13-29-16/h3-4,6-9,13,17H,1-2,5,10-12H2,(H,23,24). The molecule has 1 aromatic carbocycles. The zero-order valence-corrected chi connectivity index (χ0v) is 19.8. The molecule has 162 valence electrons. The summed E-state index contributed by atoms with van der Waals surface area (Å²) in [6.07, 6.45) is 3.34. The molecular formula is C21H21ClN4O2S3. The number of benzene rings is 1. The topological polar surface area (TPSA) is 75.2 Å². The number of carbonyl (C=O) groups is 2. The molecule has 1 unspecified atom stereocenters. The molecule has 1 fully saturated rings. The number of rotatable bonds is 7. The number of hydrogen-bond acceptors (Lipinski definition) is 8. The minimum atomic E-state index is -0.342. The van der Waals surface area contributed by atoms with Crippen molar-refractivity contribution in [3.05, 3.63) is 57.2 Å². The van der Waals surface area contributed by atoms with Crippen LogP contribution in [0.4, 0.5) is 5.13 Å². The molecule has 1 atom stereocenters. The van der Waals surface area contributed by atoms with E-state index in [2.05, 4.69) is 27.0 Å². The highest BCUT2D eigenvalue weighted by Crippen LogP contribution is 2.34. The molecule has 0 saturated carbocycles. The van der Waals surface area contributed by atoms with Crippen molar-refractivity contribution in [2.45, 2.75) is 35.3 Å². The first-order valence-corrected chi connectivity index (χ1v) is 12.9. The third-order valence-corrected chi connectivity index (χ3v) is 8.26. The van der Waals surface area contributed by atoms with Gasteiger partial charge < -0.3 is 5.32 Å². The Bertz CT molecular complexity index is 1020. The summed E-state index contributed by atoms with van der Waals surface area (Å²) in [7, 11) is 0. The molecule has 2 aromatic heterocycles. The van der Waals surface area contributed by atoms with Crippen molar-refractivity contribution in [2.24, 2.45) is 0 Å². The van der Waals surface area contributed by atoms with Crippen LogP contribution in [0.15, 0.2) is 46.1 Å². The van der Waals surface area contributed by atoms with Crippen molar-refractivity contribution in [3.8, 4) is 0 Å². The van der Waals surface area contributed by atoms with Crippen LogP contribution in [0.2, 0.25) is 5.02 Å². The van der Waals surface area contributed by atoms with Gasteiger partial charge in [0.15, 0.2) is 4.34 Å². The number of thiophene rings is 1. The normalized spacial score (nSPS) is 16.9. The van der Waals surface area contributed by atoms with Crippen molar-refractivity contribution < 1.29 is 9.59 Å². The average Bonchev–Trinajstić information content (AvgIpc) is 3.41. The van der Waals surface area contributed by atoms with Gasteiger partial charge >= 0.3 is 0 Å². The molecule has 0 bridgehead atoms. The van der Waals surface area contributed by atoms with Crippen molar-refractivity contribution in [1.82, 2.24) is 15.1 Å². The highest BCUT2D eigenvalue weighted by molar-refractivity contribution is 8.02. The van der Waals surface area contributed by atoms with Crippen molar-refractivity contribution >= 4 is 63.0 Å². The van der Waals surface area contributed by atoms with E-state index >= 15 is 0 Å². The summed E-state index contributed by atoms with van der Waals surface area (Å²) in [6, 6.07) is 10.8. The molecule has 4 rings (SSSR count). The van der Waals surface area contributed by atoms with Crippen LogP contribution >= 0.6 is 46.0 Å². The number of carbonyl (C=O) groups excluding carboxylic acids is 2. The van der Waals surface area contributed by atoms with Crippen LogP contribution in [-0.4, -0.2) is 45.3 Å². The van der Waals surface area contributed by atoms with Crippen LogP contribution < -0.4 is 5.32 Å². The van der Waals surface area contributed by atoms with Crippen LogP contribution in [-0.2, 0) is 11.2 Å². The highest BCUT2D eigenvalue weighted by atomic mass is 35.5. The molecule has 3 heterocycles. The number of halogens is 1. The fraction of sp³-hybridized carbons (Fsp3) is 0.333. The third kappa shape index (κ3) is 5.85. The van der Waals surface area contributed by atoms with E-state index in [4.69, 9.17) is 11.6 Å². The maximum Gasteiger partial charge on any atom is 0.260 e. The van der Waals surface area contributed by atoms with E-state index in [1.54, 1.807) is 35.6 Å². The van der Waals surface area contributed by atoms with Gasteiger partial charge in [0.1, 0.15) is 0 Å². The second kappa shape index (κ2) is 10.6. The molecule has 1 N–H and O–H groups in total. The molecule has 0 radical (unpaired) electrons. The highest BCUT2D eigenvalue weighted by Gasteiger charge is 2.33. The Kier molecular flexibility index (Phi) is 7.60. The zero-order chi connectivity index (χ0) is 21.6. The summed E-state index contributed by atoms with van der Waals surface area (Å²) in [5.74, 6) is -0.438. The van der Waals surface area contributed by atoms with Gasteiger partial charge in [0.25, 0.3) is 5.91 Å². The molecule has 3 aromatic rings. The largest absolute Gasteiger partial charge is 0.360 e. The number of aromatic nitrogens is 2. The number of likely N-dealkylation sites (tertiary alicyclic amines) is 1. The first-order chi connectivity index (χ1) is 15.1. The minimum absolute atomic E-state index is 0.162. The predicted molar refractivity (Wildman–Crippen MR) is 127 cm³/mol. The van der Waals surface area contributed by atoms with Crippen molar-refractivity contribution in [3.63, 3.8) is 0 Å².